The minimum absolute atomic E-state index is 0.0326. The minimum atomic E-state index is -3.37. The van der Waals surface area contributed by atoms with Crippen molar-refractivity contribution in [3.63, 3.8) is 0 Å². The summed E-state index contributed by atoms with van der Waals surface area (Å²) in [6.45, 7) is 3.83. The van der Waals surface area contributed by atoms with E-state index < -0.39 is 20.7 Å². The van der Waals surface area contributed by atoms with Crippen molar-refractivity contribution in [1.29, 1.82) is 0 Å². The van der Waals surface area contributed by atoms with E-state index in [0.717, 1.165) is 17.2 Å². The lowest BCUT2D eigenvalue weighted by atomic mass is 10.1. The van der Waals surface area contributed by atoms with E-state index >= 15 is 0 Å². The molecule has 3 aromatic rings. The van der Waals surface area contributed by atoms with E-state index in [2.05, 4.69) is 10.4 Å². The van der Waals surface area contributed by atoms with E-state index in [-0.39, 0.29) is 33.6 Å². The molecular weight excluding hydrogens is 444 g/mol. The number of sulfone groups is 1. The van der Waals surface area contributed by atoms with Crippen LogP contribution in [0.15, 0.2) is 36.4 Å². The predicted molar refractivity (Wildman–Crippen MR) is 115 cm³/mol. The van der Waals surface area contributed by atoms with Crippen LogP contribution in [-0.4, -0.2) is 29.0 Å². The van der Waals surface area contributed by atoms with Crippen molar-refractivity contribution in [3.05, 3.63) is 79.5 Å². The fourth-order valence-corrected chi connectivity index (χ4v) is 5.18. The third kappa shape index (κ3) is 3.79. The summed E-state index contributed by atoms with van der Waals surface area (Å²) >= 11 is 6.10. The smallest absolute Gasteiger partial charge is 0.270 e. The first kappa shape index (κ1) is 21.0. The number of non-ortho nitro benzene ring substituents is 1. The monoisotopic (exact) mass is 460 g/mol. The van der Waals surface area contributed by atoms with Gasteiger partial charge in [0.25, 0.3) is 11.6 Å². The van der Waals surface area contributed by atoms with Crippen LogP contribution in [0.1, 0.15) is 32.7 Å². The molecule has 1 amide bonds. The van der Waals surface area contributed by atoms with E-state index in [4.69, 9.17) is 11.6 Å². The Labute approximate surface area is 182 Å². The average Bonchev–Trinajstić information content (AvgIpc) is 3.16. The Morgan fingerprint density at radius 2 is 1.97 bits per heavy atom. The molecule has 0 atom stereocenters. The first-order chi connectivity index (χ1) is 14.6. The molecule has 2 aromatic carbocycles. The number of aryl methyl sites for hydroxylation is 1. The summed E-state index contributed by atoms with van der Waals surface area (Å²) in [6.07, 6.45) is 0. The average molecular weight is 461 g/mol. The van der Waals surface area contributed by atoms with E-state index in [1.807, 2.05) is 32.0 Å². The second-order valence-corrected chi connectivity index (χ2v) is 9.78. The number of rotatable bonds is 4. The van der Waals surface area contributed by atoms with Crippen LogP contribution >= 0.6 is 11.6 Å². The van der Waals surface area contributed by atoms with Crippen molar-refractivity contribution in [2.45, 2.75) is 25.4 Å². The van der Waals surface area contributed by atoms with E-state index in [1.54, 1.807) is 0 Å². The summed E-state index contributed by atoms with van der Waals surface area (Å²) in [6, 6.07) is 9.13. The summed E-state index contributed by atoms with van der Waals surface area (Å²) in [5.41, 5.74) is 2.98. The largest absolute Gasteiger partial charge is 0.306 e. The van der Waals surface area contributed by atoms with Gasteiger partial charge in [0.2, 0.25) is 0 Å². The molecule has 0 aliphatic carbocycles. The van der Waals surface area contributed by atoms with E-state index in [0.29, 0.717) is 16.9 Å². The Kier molecular flexibility index (Phi) is 5.06. The highest BCUT2D eigenvalue weighted by molar-refractivity contribution is 7.90. The van der Waals surface area contributed by atoms with E-state index in [1.165, 1.54) is 16.8 Å². The van der Waals surface area contributed by atoms with Gasteiger partial charge >= 0.3 is 0 Å². The highest BCUT2D eigenvalue weighted by Crippen LogP contribution is 2.34. The molecule has 0 saturated carbocycles. The summed E-state index contributed by atoms with van der Waals surface area (Å²) in [7, 11) is -3.37. The van der Waals surface area contributed by atoms with Crippen molar-refractivity contribution in [2.24, 2.45) is 0 Å². The molecule has 1 aliphatic rings. The van der Waals surface area contributed by atoms with Gasteiger partial charge in [-0.05, 0) is 37.1 Å². The number of carbonyl (C=O) groups excluding carboxylic acids is 1. The first-order valence-corrected chi connectivity index (χ1v) is 11.4. The van der Waals surface area contributed by atoms with Crippen LogP contribution in [0, 0.1) is 24.0 Å². The first-order valence-electron chi connectivity index (χ1n) is 9.20. The number of hydrogen-bond acceptors (Lipinski definition) is 6. The predicted octanol–water partition coefficient (Wildman–Crippen LogP) is 3.73. The van der Waals surface area contributed by atoms with Gasteiger partial charge in [-0.1, -0.05) is 23.7 Å². The molecule has 1 N–H and O–H groups in total. The topological polar surface area (TPSA) is 124 Å². The molecule has 0 unspecified atom stereocenters. The third-order valence-electron chi connectivity index (χ3n) is 5.23. The number of hydrogen-bond donors (Lipinski definition) is 1. The van der Waals surface area contributed by atoms with Crippen LogP contribution in [-0.2, 0) is 21.3 Å². The van der Waals surface area contributed by atoms with Crippen LogP contribution in [0.4, 0.5) is 11.5 Å². The van der Waals surface area contributed by atoms with Gasteiger partial charge in [-0.25, -0.2) is 13.1 Å². The van der Waals surface area contributed by atoms with Gasteiger partial charge in [-0.15, -0.1) is 0 Å². The zero-order chi connectivity index (χ0) is 22.5. The Bertz CT molecular complexity index is 1360. The van der Waals surface area contributed by atoms with Gasteiger partial charge in [0.15, 0.2) is 9.84 Å². The second-order valence-electron chi connectivity index (χ2n) is 7.31. The number of amides is 1. The normalized spacial score (nSPS) is 14.3. The van der Waals surface area contributed by atoms with E-state index in [9.17, 15) is 23.3 Å². The van der Waals surface area contributed by atoms with Gasteiger partial charge < -0.3 is 5.32 Å². The number of aromatic nitrogens is 2. The molecule has 160 valence electrons. The molecular formula is C20H17ClN4O5S. The maximum atomic E-state index is 13.0. The molecule has 0 saturated heterocycles. The van der Waals surface area contributed by atoms with Crippen LogP contribution < -0.4 is 5.32 Å². The lowest BCUT2D eigenvalue weighted by Crippen LogP contribution is -2.18. The lowest BCUT2D eigenvalue weighted by molar-refractivity contribution is -0.384. The highest BCUT2D eigenvalue weighted by Gasteiger charge is 2.34. The third-order valence-corrected chi connectivity index (χ3v) is 7.00. The fourth-order valence-electron chi connectivity index (χ4n) is 3.49. The minimum Gasteiger partial charge on any atom is -0.306 e. The summed E-state index contributed by atoms with van der Waals surface area (Å²) in [5.74, 6) is -0.976. The number of halogens is 1. The number of carbonyl (C=O) groups is 1. The molecule has 9 nitrogen and oxygen atoms in total. The maximum Gasteiger partial charge on any atom is 0.270 e. The summed E-state index contributed by atoms with van der Waals surface area (Å²) in [5, 5.41) is 18.3. The molecule has 1 aromatic heterocycles. The zero-order valence-electron chi connectivity index (χ0n) is 16.5. The number of nitrogens with one attached hydrogen (secondary N) is 1. The van der Waals surface area contributed by atoms with Gasteiger partial charge in [0.1, 0.15) is 5.82 Å². The van der Waals surface area contributed by atoms with Gasteiger partial charge in [0, 0.05) is 17.7 Å². The van der Waals surface area contributed by atoms with Gasteiger partial charge in [-0.2, -0.15) is 5.10 Å². The van der Waals surface area contributed by atoms with Crippen molar-refractivity contribution >= 4 is 38.9 Å². The van der Waals surface area contributed by atoms with Crippen LogP contribution in [0.5, 0.6) is 0 Å². The maximum absolute atomic E-state index is 13.0. The SMILES string of the molecule is Cc1cccc(-n2nc3c(c2NC(=O)c2cc([N+](=O)[O-])ccc2Cl)CS(=O)(=O)C3)c1C. The molecule has 0 fully saturated rings. The second kappa shape index (κ2) is 7.47. The fraction of sp³-hybridized carbons (Fsp3) is 0.200. The number of nitro groups is 1. The quantitative estimate of drug-likeness (QED) is 0.467. The lowest BCUT2D eigenvalue weighted by Gasteiger charge is -2.14. The number of nitro benzene ring substituents is 1. The molecule has 1 aliphatic heterocycles. The number of benzene rings is 2. The Balaban J connectivity index is 1.83. The molecule has 31 heavy (non-hydrogen) atoms. The van der Waals surface area contributed by atoms with Crippen molar-refractivity contribution in [2.75, 3.05) is 5.32 Å². The zero-order valence-corrected chi connectivity index (χ0v) is 18.1. The summed E-state index contributed by atoms with van der Waals surface area (Å²) in [4.78, 5) is 23.5. The molecule has 0 radical (unpaired) electrons. The van der Waals surface area contributed by atoms with Gasteiger partial charge in [0.05, 0.1) is 38.4 Å². The van der Waals surface area contributed by atoms with Crippen LogP contribution in [0.3, 0.4) is 0 Å². The number of fused-ring (bicyclic) bond motifs is 1. The molecule has 2 heterocycles. The van der Waals surface area contributed by atoms with Crippen molar-refractivity contribution in [1.82, 2.24) is 9.78 Å². The van der Waals surface area contributed by atoms with Crippen molar-refractivity contribution in [3.8, 4) is 5.69 Å². The molecule has 11 heteroatoms. The summed E-state index contributed by atoms with van der Waals surface area (Å²) < 4.78 is 25.8. The van der Waals surface area contributed by atoms with Crippen molar-refractivity contribution < 1.29 is 18.1 Å². The molecule has 0 spiro atoms. The Morgan fingerprint density at radius 3 is 2.68 bits per heavy atom. The highest BCUT2D eigenvalue weighted by atomic mass is 35.5. The molecule has 0 bridgehead atoms. The Morgan fingerprint density at radius 1 is 1.23 bits per heavy atom. The van der Waals surface area contributed by atoms with Crippen LogP contribution in [0.25, 0.3) is 5.69 Å². The van der Waals surface area contributed by atoms with Crippen LogP contribution in [0.2, 0.25) is 5.02 Å². The van der Waals surface area contributed by atoms with Gasteiger partial charge in [-0.3, -0.25) is 14.9 Å². The number of nitrogens with zero attached hydrogens (tertiary/aromatic N) is 3. The standard InChI is InChI=1S/C20H17ClN4O5S/c1-11-4-3-5-18(12(11)2)24-19(15-9-31(29,30)10-17(15)23-24)22-20(26)14-8-13(25(27)28)6-7-16(14)21/h3-8H,9-10H2,1-2H3,(H,22,26). The number of anilines is 1. The Hall–Kier alpha value is -3.24. The molecule has 4 rings (SSSR count).